The topological polar surface area (TPSA) is 105 Å². The van der Waals surface area contributed by atoms with Crippen molar-refractivity contribution < 1.29 is 18.7 Å². The second kappa shape index (κ2) is 7.27. The van der Waals surface area contributed by atoms with Crippen LogP contribution in [-0.2, 0) is 10.4 Å². The fraction of sp³-hybridized carbons (Fsp3) is 0.318. The predicted molar refractivity (Wildman–Crippen MR) is 113 cm³/mol. The van der Waals surface area contributed by atoms with E-state index in [1.165, 1.54) is 16.9 Å². The van der Waals surface area contributed by atoms with E-state index in [0.717, 1.165) is 12.8 Å². The Hall–Kier alpha value is -3.53. The van der Waals surface area contributed by atoms with Gasteiger partial charge in [-0.3, -0.25) is 9.78 Å². The molecule has 32 heavy (non-hydrogen) atoms. The summed E-state index contributed by atoms with van der Waals surface area (Å²) in [6.07, 6.45) is 3.14. The van der Waals surface area contributed by atoms with Crippen LogP contribution in [0.15, 0.2) is 36.8 Å². The largest absolute Gasteiger partial charge is 0.386 e. The van der Waals surface area contributed by atoms with Crippen molar-refractivity contribution in [2.24, 2.45) is 5.92 Å². The zero-order chi connectivity index (χ0) is 22.6. The summed E-state index contributed by atoms with van der Waals surface area (Å²) in [6, 6.07) is 5.02. The molecule has 1 aliphatic carbocycles. The molecule has 0 unspecified atom stereocenters. The zero-order valence-corrected chi connectivity index (χ0v) is 17.4. The number of nitrogens with zero attached hydrogens (tertiary/aromatic N) is 5. The first-order valence-corrected chi connectivity index (χ1v) is 10.2. The molecule has 2 N–H and O–H groups in total. The summed E-state index contributed by atoms with van der Waals surface area (Å²) < 4.78 is 28.6. The van der Waals surface area contributed by atoms with Crippen molar-refractivity contribution in [3.8, 4) is 11.4 Å². The highest BCUT2D eigenvalue weighted by Gasteiger charge is 2.30. The quantitative estimate of drug-likeness (QED) is 0.490. The maximum Gasteiger partial charge on any atom is 0.281 e. The molecule has 164 valence electrons. The summed E-state index contributed by atoms with van der Waals surface area (Å²) in [4.78, 5) is 24.7. The van der Waals surface area contributed by atoms with E-state index < -0.39 is 17.7 Å². The maximum atomic E-state index is 13.6. The van der Waals surface area contributed by atoms with E-state index in [1.54, 1.807) is 38.2 Å². The van der Waals surface area contributed by atoms with Crippen molar-refractivity contribution in [3.63, 3.8) is 0 Å². The fourth-order valence-electron chi connectivity index (χ4n) is 3.51. The van der Waals surface area contributed by atoms with Gasteiger partial charge < -0.3 is 10.4 Å². The molecule has 1 fully saturated rings. The number of nitrogens with one attached hydrogen (secondary N) is 1. The van der Waals surface area contributed by atoms with Crippen LogP contribution < -0.4 is 5.32 Å². The minimum absolute atomic E-state index is 0.0221. The van der Waals surface area contributed by atoms with Crippen molar-refractivity contribution in [2.75, 3.05) is 5.32 Å². The van der Waals surface area contributed by atoms with Gasteiger partial charge >= 0.3 is 0 Å². The van der Waals surface area contributed by atoms with Crippen LogP contribution in [0.5, 0.6) is 0 Å². The number of rotatable bonds is 5. The van der Waals surface area contributed by atoms with E-state index >= 15 is 0 Å². The number of hydrogen-bond donors (Lipinski definition) is 2. The lowest BCUT2D eigenvalue weighted by Crippen LogP contribution is -2.16. The maximum absolute atomic E-state index is 13.6. The molecule has 0 atom stereocenters. The second-order valence-corrected chi connectivity index (χ2v) is 8.45. The van der Waals surface area contributed by atoms with Gasteiger partial charge in [0.05, 0.1) is 5.60 Å². The monoisotopic (exact) mass is 438 g/mol. The standard InChI is InChI=1S/C22H20F2N6O2/c1-22(2,32)12-5-6-17-28-20(29-30(17)10-12)15-9-26-18(19(23)24)14-8-25-16(7-13(14)15)27-21(31)11-3-4-11/h5-11,19,32H,3-4H2,1-2H3,(H,25,27,31). The molecule has 0 aromatic carbocycles. The Labute approximate surface area is 181 Å². The Balaban J connectivity index is 1.65. The number of amides is 1. The first-order valence-electron chi connectivity index (χ1n) is 10.2. The molecule has 0 bridgehead atoms. The summed E-state index contributed by atoms with van der Waals surface area (Å²) in [6.45, 7) is 3.33. The lowest BCUT2D eigenvalue weighted by atomic mass is 10.0. The van der Waals surface area contributed by atoms with Crippen LogP contribution in [0.3, 0.4) is 0 Å². The molecule has 1 saturated carbocycles. The van der Waals surface area contributed by atoms with E-state index in [4.69, 9.17) is 0 Å². The summed E-state index contributed by atoms with van der Waals surface area (Å²) >= 11 is 0. The molecule has 4 heterocycles. The highest BCUT2D eigenvalue weighted by molar-refractivity contribution is 6.00. The number of carbonyl (C=O) groups excluding carboxylic acids is 1. The zero-order valence-electron chi connectivity index (χ0n) is 17.4. The van der Waals surface area contributed by atoms with Crippen LogP contribution in [0, 0.1) is 5.92 Å². The third-order valence-corrected chi connectivity index (χ3v) is 5.49. The highest BCUT2D eigenvalue weighted by atomic mass is 19.3. The summed E-state index contributed by atoms with van der Waals surface area (Å²) in [5.74, 6) is 0.398. The van der Waals surface area contributed by atoms with Crippen LogP contribution in [0.4, 0.5) is 14.6 Å². The van der Waals surface area contributed by atoms with Crippen LogP contribution in [0.25, 0.3) is 27.8 Å². The number of anilines is 1. The van der Waals surface area contributed by atoms with Crippen molar-refractivity contribution in [3.05, 3.63) is 48.0 Å². The third kappa shape index (κ3) is 3.66. The van der Waals surface area contributed by atoms with Crippen LogP contribution in [0.2, 0.25) is 0 Å². The first-order chi connectivity index (χ1) is 15.2. The third-order valence-electron chi connectivity index (χ3n) is 5.49. The number of halogens is 2. The average molecular weight is 438 g/mol. The number of fused-ring (bicyclic) bond motifs is 2. The second-order valence-electron chi connectivity index (χ2n) is 8.45. The molecular formula is C22H20F2N6O2. The number of aliphatic hydroxyl groups is 1. The molecule has 0 spiro atoms. The molecular weight excluding hydrogens is 418 g/mol. The molecule has 4 aromatic heterocycles. The Bertz CT molecular complexity index is 1360. The number of pyridine rings is 3. The fourth-order valence-corrected chi connectivity index (χ4v) is 3.51. The number of aromatic nitrogens is 5. The van der Waals surface area contributed by atoms with Gasteiger partial charge in [-0.2, -0.15) is 0 Å². The van der Waals surface area contributed by atoms with Gasteiger partial charge in [-0.05, 0) is 38.8 Å². The summed E-state index contributed by atoms with van der Waals surface area (Å²) in [5, 5.41) is 18.0. The van der Waals surface area contributed by atoms with Gasteiger partial charge in [-0.1, -0.05) is 6.07 Å². The smallest absolute Gasteiger partial charge is 0.281 e. The van der Waals surface area contributed by atoms with Gasteiger partial charge in [-0.15, -0.1) is 5.10 Å². The summed E-state index contributed by atoms with van der Waals surface area (Å²) in [7, 11) is 0. The SMILES string of the molecule is CC(C)(O)c1ccc2nc(-c3cnc(C(F)F)c4cnc(NC(=O)C5CC5)cc34)nn2c1. The molecule has 5 rings (SSSR count). The lowest BCUT2D eigenvalue weighted by Gasteiger charge is -2.16. The van der Waals surface area contributed by atoms with Gasteiger partial charge in [-0.25, -0.2) is 23.3 Å². The average Bonchev–Trinajstić information content (AvgIpc) is 3.50. The van der Waals surface area contributed by atoms with Crippen LogP contribution in [0.1, 0.15) is 44.4 Å². The molecule has 10 heteroatoms. The Morgan fingerprint density at radius 1 is 1.22 bits per heavy atom. The molecule has 1 amide bonds. The van der Waals surface area contributed by atoms with Crippen molar-refractivity contribution in [1.29, 1.82) is 0 Å². The van der Waals surface area contributed by atoms with E-state index in [0.29, 0.717) is 22.2 Å². The van der Waals surface area contributed by atoms with Crippen molar-refractivity contribution in [1.82, 2.24) is 24.6 Å². The van der Waals surface area contributed by atoms with E-state index in [2.05, 4.69) is 25.4 Å². The van der Waals surface area contributed by atoms with Crippen LogP contribution >= 0.6 is 0 Å². The Kier molecular flexibility index (Phi) is 4.63. The number of carbonyl (C=O) groups is 1. The summed E-state index contributed by atoms with van der Waals surface area (Å²) in [5.41, 5.74) is 0.141. The molecule has 0 saturated heterocycles. The minimum atomic E-state index is -2.79. The number of hydrogen-bond acceptors (Lipinski definition) is 6. The van der Waals surface area contributed by atoms with Gasteiger partial charge in [0, 0.05) is 46.4 Å². The molecule has 1 aliphatic rings. The van der Waals surface area contributed by atoms with Crippen LogP contribution in [-0.4, -0.2) is 35.6 Å². The Morgan fingerprint density at radius 2 is 2.00 bits per heavy atom. The van der Waals surface area contributed by atoms with E-state index in [1.807, 2.05) is 0 Å². The van der Waals surface area contributed by atoms with E-state index in [-0.39, 0.29) is 28.9 Å². The lowest BCUT2D eigenvalue weighted by molar-refractivity contribution is -0.117. The first kappa shape index (κ1) is 20.4. The van der Waals surface area contributed by atoms with Gasteiger partial charge in [0.2, 0.25) is 5.91 Å². The minimum Gasteiger partial charge on any atom is -0.386 e. The van der Waals surface area contributed by atoms with Crippen molar-refractivity contribution >= 4 is 28.1 Å². The van der Waals surface area contributed by atoms with E-state index in [9.17, 15) is 18.7 Å². The molecule has 8 nitrogen and oxygen atoms in total. The van der Waals surface area contributed by atoms with Gasteiger partial charge in [0.15, 0.2) is 11.5 Å². The highest BCUT2D eigenvalue weighted by Crippen LogP contribution is 2.34. The molecule has 0 radical (unpaired) electrons. The Morgan fingerprint density at radius 3 is 2.69 bits per heavy atom. The molecule has 4 aromatic rings. The predicted octanol–water partition coefficient (Wildman–Crippen LogP) is 3.85. The van der Waals surface area contributed by atoms with Gasteiger partial charge in [0.25, 0.3) is 6.43 Å². The van der Waals surface area contributed by atoms with Gasteiger partial charge in [0.1, 0.15) is 11.5 Å². The van der Waals surface area contributed by atoms with Crippen molar-refractivity contribution in [2.45, 2.75) is 38.7 Å². The number of alkyl halides is 2. The molecule has 0 aliphatic heterocycles. The normalized spacial score (nSPS) is 14.4.